The van der Waals surface area contributed by atoms with Gasteiger partial charge in [-0.15, -0.1) is 0 Å². The molecule has 3 rings (SSSR count). The number of hydrogen-bond donors (Lipinski definition) is 1. The summed E-state index contributed by atoms with van der Waals surface area (Å²) < 4.78 is 11.2. The van der Waals surface area contributed by atoms with Crippen LogP contribution in [0.5, 0.6) is 11.5 Å². The van der Waals surface area contributed by atoms with Crippen LogP contribution in [-0.2, 0) is 6.61 Å². The van der Waals surface area contributed by atoms with E-state index in [1.54, 1.807) is 55.6 Å². The molecule has 0 fully saturated rings. The van der Waals surface area contributed by atoms with E-state index in [2.05, 4.69) is 10.5 Å². The minimum Gasteiger partial charge on any atom is -0.493 e. The van der Waals surface area contributed by atoms with E-state index in [9.17, 15) is 4.79 Å². The van der Waals surface area contributed by atoms with E-state index < -0.39 is 5.91 Å². The van der Waals surface area contributed by atoms with E-state index in [0.717, 1.165) is 5.56 Å². The third-order valence-corrected chi connectivity index (χ3v) is 5.47. The van der Waals surface area contributed by atoms with Crippen molar-refractivity contribution in [3.63, 3.8) is 0 Å². The van der Waals surface area contributed by atoms with E-state index in [1.807, 2.05) is 0 Å². The number of nitrogens with one attached hydrogen (secondary N) is 1. The highest BCUT2D eigenvalue weighted by Crippen LogP contribution is 2.30. The molecule has 0 aliphatic rings. The molecule has 160 valence electrons. The summed E-state index contributed by atoms with van der Waals surface area (Å²) in [7, 11) is 1.54. The smallest absolute Gasteiger partial charge is 0.271 e. The van der Waals surface area contributed by atoms with Gasteiger partial charge in [-0.25, -0.2) is 5.43 Å². The SMILES string of the molecule is COc1ccc(/C=N\NC(=O)c2ccc(Cl)c(Cl)c2)cc1OCc1ccc(Cl)cc1Cl. The maximum absolute atomic E-state index is 12.2. The molecular formula is C22H16Cl4N2O3. The van der Waals surface area contributed by atoms with Crippen LogP contribution in [0.2, 0.25) is 20.1 Å². The number of methoxy groups -OCH3 is 1. The average molecular weight is 498 g/mol. The Morgan fingerprint density at radius 3 is 2.45 bits per heavy atom. The predicted octanol–water partition coefficient (Wildman–Crippen LogP) is 6.65. The standard InChI is InChI=1S/C22H16Cl4N2O3/c1-30-20-7-2-13(8-21(20)31-12-15-3-5-16(23)10-18(15)25)11-27-28-22(29)14-4-6-17(24)19(26)9-14/h2-11H,12H2,1H3,(H,28,29)/b27-11-. The number of amides is 1. The second-order valence-corrected chi connectivity index (χ2v) is 7.92. The molecule has 0 atom stereocenters. The highest BCUT2D eigenvalue weighted by atomic mass is 35.5. The number of carbonyl (C=O) groups is 1. The van der Waals surface area contributed by atoms with Gasteiger partial charge in [0.15, 0.2) is 11.5 Å². The van der Waals surface area contributed by atoms with Gasteiger partial charge in [-0.3, -0.25) is 4.79 Å². The van der Waals surface area contributed by atoms with Crippen LogP contribution in [0.1, 0.15) is 21.5 Å². The molecule has 0 bridgehead atoms. The highest BCUT2D eigenvalue weighted by Gasteiger charge is 2.09. The summed E-state index contributed by atoms with van der Waals surface area (Å²) >= 11 is 23.9. The predicted molar refractivity (Wildman–Crippen MR) is 125 cm³/mol. The Bertz CT molecular complexity index is 1140. The zero-order valence-electron chi connectivity index (χ0n) is 16.2. The third kappa shape index (κ3) is 6.28. The molecule has 3 aromatic rings. The number of carbonyl (C=O) groups excluding carboxylic acids is 1. The van der Waals surface area contributed by atoms with Crippen molar-refractivity contribution >= 4 is 58.5 Å². The van der Waals surface area contributed by atoms with Gasteiger partial charge in [-0.05, 0) is 54.1 Å². The Balaban J connectivity index is 1.69. The molecule has 5 nitrogen and oxygen atoms in total. The fraction of sp³-hybridized carbons (Fsp3) is 0.0909. The number of ether oxygens (including phenoxy) is 2. The maximum Gasteiger partial charge on any atom is 0.271 e. The lowest BCUT2D eigenvalue weighted by Gasteiger charge is -2.12. The fourth-order valence-corrected chi connectivity index (χ4v) is 3.31. The first-order valence-electron chi connectivity index (χ1n) is 8.90. The lowest BCUT2D eigenvalue weighted by atomic mass is 10.2. The van der Waals surface area contributed by atoms with Gasteiger partial charge < -0.3 is 9.47 Å². The largest absolute Gasteiger partial charge is 0.493 e. The summed E-state index contributed by atoms with van der Waals surface area (Å²) in [4.78, 5) is 12.2. The van der Waals surface area contributed by atoms with Crippen LogP contribution >= 0.6 is 46.4 Å². The van der Waals surface area contributed by atoms with E-state index in [-0.39, 0.29) is 11.6 Å². The van der Waals surface area contributed by atoms with Crippen LogP contribution in [0, 0.1) is 0 Å². The van der Waals surface area contributed by atoms with Gasteiger partial charge in [0.1, 0.15) is 6.61 Å². The molecule has 0 saturated carbocycles. The Morgan fingerprint density at radius 2 is 1.74 bits per heavy atom. The van der Waals surface area contributed by atoms with E-state index in [1.165, 1.54) is 12.3 Å². The van der Waals surface area contributed by atoms with Crippen molar-refractivity contribution in [2.45, 2.75) is 6.61 Å². The number of nitrogens with zero attached hydrogens (tertiary/aromatic N) is 1. The Hall–Kier alpha value is -2.44. The molecular weight excluding hydrogens is 482 g/mol. The quantitative estimate of drug-likeness (QED) is 0.293. The van der Waals surface area contributed by atoms with Gasteiger partial charge in [0.2, 0.25) is 0 Å². The van der Waals surface area contributed by atoms with Crippen LogP contribution in [0.4, 0.5) is 0 Å². The maximum atomic E-state index is 12.2. The fourth-order valence-electron chi connectivity index (χ4n) is 2.55. The highest BCUT2D eigenvalue weighted by molar-refractivity contribution is 6.42. The number of halogens is 4. The Morgan fingerprint density at radius 1 is 0.935 bits per heavy atom. The van der Waals surface area contributed by atoms with Gasteiger partial charge >= 0.3 is 0 Å². The zero-order valence-corrected chi connectivity index (χ0v) is 19.2. The Labute approximate surface area is 199 Å². The second kappa shape index (κ2) is 10.7. The first-order chi connectivity index (χ1) is 14.9. The third-order valence-electron chi connectivity index (χ3n) is 4.15. The van der Waals surface area contributed by atoms with Crippen molar-refractivity contribution in [1.82, 2.24) is 5.43 Å². The molecule has 9 heteroatoms. The van der Waals surface area contributed by atoms with Crippen LogP contribution in [0.3, 0.4) is 0 Å². The molecule has 1 amide bonds. The molecule has 0 heterocycles. The second-order valence-electron chi connectivity index (χ2n) is 6.26. The van der Waals surface area contributed by atoms with Crippen molar-refractivity contribution in [2.24, 2.45) is 5.10 Å². The monoisotopic (exact) mass is 496 g/mol. The summed E-state index contributed by atoms with van der Waals surface area (Å²) in [6, 6.07) is 15.0. The molecule has 0 aliphatic carbocycles. The molecule has 0 saturated heterocycles. The number of benzene rings is 3. The van der Waals surface area contributed by atoms with Gasteiger partial charge in [-0.2, -0.15) is 5.10 Å². The molecule has 0 spiro atoms. The molecule has 0 aromatic heterocycles. The molecule has 31 heavy (non-hydrogen) atoms. The van der Waals surface area contributed by atoms with E-state index >= 15 is 0 Å². The number of hydrazone groups is 1. The topological polar surface area (TPSA) is 59.9 Å². The molecule has 0 aliphatic heterocycles. The van der Waals surface area contributed by atoms with Gasteiger partial charge in [0.25, 0.3) is 5.91 Å². The molecule has 3 aromatic carbocycles. The summed E-state index contributed by atoms with van der Waals surface area (Å²) in [6.07, 6.45) is 1.48. The van der Waals surface area contributed by atoms with Crippen molar-refractivity contribution in [3.05, 3.63) is 91.4 Å². The lowest BCUT2D eigenvalue weighted by Crippen LogP contribution is -2.17. The van der Waals surface area contributed by atoms with Crippen LogP contribution in [0.15, 0.2) is 59.7 Å². The minimum absolute atomic E-state index is 0.223. The van der Waals surface area contributed by atoms with Crippen molar-refractivity contribution in [2.75, 3.05) is 7.11 Å². The van der Waals surface area contributed by atoms with Crippen molar-refractivity contribution < 1.29 is 14.3 Å². The van der Waals surface area contributed by atoms with Crippen LogP contribution in [-0.4, -0.2) is 19.2 Å². The number of hydrogen-bond acceptors (Lipinski definition) is 4. The normalized spacial score (nSPS) is 10.9. The minimum atomic E-state index is -0.419. The first kappa shape index (κ1) is 23.2. The summed E-state index contributed by atoms with van der Waals surface area (Å²) in [5.74, 6) is 0.618. The summed E-state index contributed by atoms with van der Waals surface area (Å²) in [5.41, 5.74) is 4.24. The number of rotatable bonds is 7. The first-order valence-corrected chi connectivity index (χ1v) is 10.4. The Kier molecular flexibility index (Phi) is 8.04. The van der Waals surface area contributed by atoms with Gasteiger partial charge in [0, 0.05) is 21.2 Å². The van der Waals surface area contributed by atoms with Crippen LogP contribution in [0.25, 0.3) is 0 Å². The molecule has 1 N–H and O–H groups in total. The van der Waals surface area contributed by atoms with Gasteiger partial charge in [0.05, 0.1) is 23.4 Å². The lowest BCUT2D eigenvalue weighted by molar-refractivity contribution is 0.0955. The van der Waals surface area contributed by atoms with Gasteiger partial charge in [-0.1, -0.05) is 52.5 Å². The van der Waals surface area contributed by atoms with E-state index in [4.69, 9.17) is 55.9 Å². The van der Waals surface area contributed by atoms with Crippen molar-refractivity contribution in [1.29, 1.82) is 0 Å². The molecule has 0 radical (unpaired) electrons. The molecule has 0 unspecified atom stereocenters. The summed E-state index contributed by atoms with van der Waals surface area (Å²) in [6.45, 7) is 0.223. The van der Waals surface area contributed by atoms with E-state index in [0.29, 0.717) is 37.7 Å². The average Bonchev–Trinajstić information content (AvgIpc) is 2.75. The van der Waals surface area contributed by atoms with Crippen molar-refractivity contribution in [3.8, 4) is 11.5 Å². The zero-order chi connectivity index (χ0) is 22.4. The summed E-state index contributed by atoms with van der Waals surface area (Å²) in [5, 5.41) is 5.69. The van der Waals surface area contributed by atoms with Crippen LogP contribution < -0.4 is 14.9 Å².